The maximum atomic E-state index is 13.5. The van der Waals surface area contributed by atoms with Crippen LogP contribution >= 0.6 is 0 Å². The van der Waals surface area contributed by atoms with Crippen molar-refractivity contribution in [2.45, 2.75) is 65.3 Å². The first kappa shape index (κ1) is 27.3. The molecule has 4 nitrogen and oxygen atoms in total. The summed E-state index contributed by atoms with van der Waals surface area (Å²) in [6, 6.07) is 21.5. The Labute approximate surface area is 229 Å². The Morgan fingerprint density at radius 2 is 1.55 bits per heavy atom. The number of benzene rings is 2. The van der Waals surface area contributed by atoms with Gasteiger partial charge in [-0.15, -0.1) is 0 Å². The molecule has 0 radical (unpaired) electrons. The van der Waals surface area contributed by atoms with Crippen LogP contribution in [0.4, 0.5) is 0 Å². The summed E-state index contributed by atoms with van der Waals surface area (Å²) in [5.41, 5.74) is 0. The molecule has 0 amide bonds. The number of Topliss-reactive ketones (excluding diaryl/α,β-unsaturated/α-hetero) is 1. The average Bonchev–Trinajstić information content (AvgIpc) is 3.59. The van der Waals surface area contributed by atoms with Crippen LogP contribution in [0.3, 0.4) is 0 Å². The van der Waals surface area contributed by atoms with Gasteiger partial charge < -0.3 is 9.16 Å². The summed E-state index contributed by atoms with van der Waals surface area (Å²) in [6.45, 7) is 12.4. The molecular formula is C33H44O4Si. The molecular weight excluding hydrogens is 488 g/mol. The van der Waals surface area contributed by atoms with Crippen molar-refractivity contribution in [3.8, 4) is 0 Å². The third-order valence-corrected chi connectivity index (χ3v) is 14.8. The summed E-state index contributed by atoms with van der Waals surface area (Å²) in [5.74, 6) is 1.68. The van der Waals surface area contributed by atoms with Gasteiger partial charge >= 0.3 is 5.97 Å². The van der Waals surface area contributed by atoms with Crippen molar-refractivity contribution >= 4 is 30.4 Å². The van der Waals surface area contributed by atoms with E-state index in [1.165, 1.54) is 10.4 Å². The van der Waals surface area contributed by atoms with E-state index in [0.717, 1.165) is 19.3 Å². The smallest absolute Gasteiger partial charge is 0.309 e. The fourth-order valence-electron chi connectivity index (χ4n) is 7.83. The minimum absolute atomic E-state index is 0.0464. The summed E-state index contributed by atoms with van der Waals surface area (Å²) < 4.78 is 12.7. The first-order valence-electron chi connectivity index (χ1n) is 14.6. The van der Waals surface area contributed by atoms with Gasteiger partial charge in [0.1, 0.15) is 5.78 Å². The van der Waals surface area contributed by atoms with E-state index < -0.39 is 8.32 Å². The van der Waals surface area contributed by atoms with Crippen LogP contribution in [0.25, 0.3) is 0 Å². The zero-order chi connectivity index (χ0) is 27.1. The van der Waals surface area contributed by atoms with E-state index in [0.29, 0.717) is 43.2 Å². The van der Waals surface area contributed by atoms with Crippen LogP contribution in [0.5, 0.6) is 0 Å². The molecule has 0 bridgehead atoms. The lowest BCUT2D eigenvalue weighted by Crippen LogP contribution is -2.66. The van der Waals surface area contributed by atoms with Crippen molar-refractivity contribution in [2.24, 2.45) is 41.4 Å². The fraction of sp³-hybridized carbons (Fsp3) is 0.576. The predicted octanol–water partition coefficient (Wildman–Crippen LogP) is 5.63. The molecule has 5 heteroatoms. The minimum Gasteiger partial charge on any atom is -0.465 e. The molecule has 2 aliphatic carbocycles. The summed E-state index contributed by atoms with van der Waals surface area (Å²) >= 11 is 0. The van der Waals surface area contributed by atoms with Crippen LogP contribution in [0, 0.1) is 41.4 Å². The molecule has 2 aromatic rings. The van der Waals surface area contributed by atoms with Crippen molar-refractivity contribution < 1.29 is 18.8 Å². The lowest BCUT2D eigenvalue weighted by atomic mass is 9.68. The van der Waals surface area contributed by atoms with Crippen LogP contribution < -0.4 is 10.4 Å². The van der Waals surface area contributed by atoms with Gasteiger partial charge in [-0.25, -0.2) is 0 Å². The Morgan fingerprint density at radius 3 is 2.13 bits per heavy atom. The molecule has 2 aromatic carbocycles. The quantitative estimate of drug-likeness (QED) is 0.251. The molecule has 0 aromatic heterocycles. The van der Waals surface area contributed by atoms with Crippen molar-refractivity contribution in [1.29, 1.82) is 0 Å². The molecule has 1 saturated heterocycles. The van der Waals surface area contributed by atoms with Crippen molar-refractivity contribution in [3.05, 3.63) is 60.7 Å². The molecule has 1 aliphatic heterocycles. The lowest BCUT2D eigenvalue weighted by Gasteiger charge is -2.43. The van der Waals surface area contributed by atoms with E-state index in [1.54, 1.807) is 0 Å². The Kier molecular flexibility index (Phi) is 7.72. The van der Waals surface area contributed by atoms with Crippen LogP contribution in [-0.4, -0.2) is 33.3 Å². The Bertz CT molecular complexity index is 1090. The minimum atomic E-state index is -2.56. The van der Waals surface area contributed by atoms with Gasteiger partial charge in [0.15, 0.2) is 0 Å². The highest BCUT2D eigenvalue weighted by Crippen LogP contribution is 2.57. The number of carbonyl (C=O) groups excluding carboxylic acids is 2. The number of ether oxygens (including phenoxy) is 1. The van der Waals surface area contributed by atoms with Crippen molar-refractivity contribution in [3.63, 3.8) is 0 Å². The number of cyclic esters (lactones) is 1. The molecule has 1 heterocycles. The Balaban J connectivity index is 1.33. The van der Waals surface area contributed by atoms with Gasteiger partial charge in [-0.2, -0.15) is 0 Å². The molecule has 0 spiro atoms. The van der Waals surface area contributed by atoms with Gasteiger partial charge in [0.2, 0.25) is 0 Å². The Morgan fingerprint density at radius 1 is 0.947 bits per heavy atom. The summed E-state index contributed by atoms with van der Waals surface area (Å²) in [6.07, 6.45) is 3.53. The second-order valence-corrected chi connectivity index (χ2v) is 17.5. The van der Waals surface area contributed by atoms with Crippen LogP contribution in [0.2, 0.25) is 5.04 Å². The second kappa shape index (κ2) is 10.7. The number of rotatable bonds is 8. The highest BCUT2D eigenvalue weighted by Gasteiger charge is 2.59. The van der Waals surface area contributed by atoms with Crippen LogP contribution in [-0.2, 0) is 18.8 Å². The number of hydrogen-bond donors (Lipinski definition) is 0. The number of hydrogen-bond acceptors (Lipinski definition) is 4. The fourth-order valence-corrected chi connectivity index (χ4v) is 12.4. The van der Waals surface area contributed by atoms with Gasteiger partial charge in [-0.1, -0.05) is 95.3 Å². The van der Waals surface area contributed by atoms with Gasteiger partial charge in [0.25, 0.3) is 8.32 Å². The van der Waals surface area contributed by atoms with Gasteiger partial charge in [0.05, 0.1) is 12.5 Å². The SMILES string of the molecule is C[C@@H]1CC(=O)[C@@H]([C@H](C)CCCO[Si](c2ccccc2)(c2ccccc2)C(C)(C)C)[C@H]2COC(=O)[C@@H]2[C@H]2C[C@H]21. The summed E-state index contributed by atoms with van der Waals surface area (Å²) in [7, 11) is -2.56. The maximum Gasteiger partial charge on any atom is 0.309 e. The first-order chi connectivity index (χ1) is 18.1. The molecule has 0 N–H and O–H groups in total. The summed E-state index contributed by atoms with van der Waals surface area (Å²) in [5, 5.41) is 2.53. The predicted molar refractivity (Wildman–Crippen MR) is 154 cm³/mol. The molecule has 38 heavy (non-hydrogen) atoms. The molecule has 3 aliphatic rings. The van der Waals surface area contributed by atoms with E-state index in [1.807, 2.05) is 0 Å². The lowest BCUT2D eigenvalue weighted by molar-refractivity contribution is -0.142. The largest absolute Gasteiger partial charge is 0.465 e. The molecule has 204 valence electrons. The highest BCUT2D eigenvalue weighted by molar-refractivity contribution is 6.99. The molecule has 0 unspecified atom stereocenters. The van der Waals surface area contributed by atoms with E-state index in [4.69, 9.17) is 9.16 Å². The van der Waals surface area contributed by atoms with Crippen LogP contribution in [0.1, 0.15) is 60.3 Å². The van der Waals surface area contributed by atoms with Crippen molar-refractivity contribution in [1.82, 2.24) is 0 Å². The molecule has 2 saturated carbocycles. The normalized spacial score (nSPS) is 30.0. The average molecular weight is 533 g/mol. The number of carbonyl (C=O) groups is 2. The molecule has 7 atom stereocenters. The van der Waals surface area contributed by atoms with Gasteiger partial charge in [0, 0.05) is 24.9 Å². The third-order valence-electron chi connectivity index (χ3n) is 9.74. The van der Waals surface area contributed by atoms with E-state index >= 15 is 0 Å². The van der Waals surface area contributed by atoms with Crippen molar-refractivity contribution in [2.75, 3.05) is 13.2 Å². The standard InChI is InChI=1S/C33H44O4Si/c1-22(30-28-21-36-32(35)31(28)27-20-26(27)23(2)19-29(30)34)13-12-18-37-38(33(3,4)5,24-14-8-6-9-15-24)25-16-10-7-11-17-25/h6-11,14-17,22-23,26-28,30-31H,12-13,18-21H2,1-5H3/t22-,23-,26+,27+,28-,30+,31-/m1/s1. The number of fused-ring (bicyclic) bond motifs is 3. The van der Waals surface area contributed by atoms with E-state index in [-0.39, 0.29) is 34.7 Å². The van der Waals surface area contributed by atoms with E-state index in [2.05, 4.69) is 95.3 Å². The topological polar surface area (TPSA) is 52.6 Å². The number of esters is 1. The Hall–Kier alpha value is -2.24. The number of ketones is 1. The summed E-state index contributed by atoms with van der Waals surface area (Å²) in [4.78, 5) is 26.2. The monoisotopic (exact) mass is 532 g/mol. The second-order valence-electron chi connectivity index (χ2n) is 13.2. The first-order valence-corrected chi connectivity index (χ1v) is 16.5. The zero-order valence-corrected chi connectivity index (χ0v) is 24.7. The van der Waals surface area contributed by atoms with Gasteiger partial charge in [-0.05, 0) is 58.3 Å². The molecule has 5 rings (SSSR count). The van der Waals surface area contributed by atoms with E-state index in [9.17, 15) is 9.59 Å². The van der Waals surface area contributed by atoms with Gasteiger partial charge in [-0.3, -0.25) is 9.59 Å². The maximum absolute atomic E-state index is 13.5. The van der Waals surface area contributed by atoms with Crippen LogP contribution in [0.15, 0.2) is 60.7 Å². The highest BCUT2D eigenvalue weighted by atomic mass is 28.4. The third kappa shape index (κ3) is 4.93. The molecule has 3 fully saturated rings. The zero-order valence-electron chi connectivity index (χ0n) is 23.7.